The third-order valence-electron chi connectivity index (χ3n) is 6.51. The summed E-state index contributed by atoms with van der Waals surface area (Å²) in [6.45, 7) is 11.8. The number of aryl methyl sites for hydroxylation is 1. The van der Waals surface area contributed by atoms with Gasteiger partial charge in [0.1, 0.15) is 6.10 Å². The molecule has 7 nitrogen and oxygen atoms in total. The number of ether oxygens (including phenoxy) is 1. The lowest BCUT2D eigenvalue weighted by Crippen LogP contribution is -2.48. The fraction of sp³-hybridized carbons (Fsp3) is 0.600. The molecule has 0 amide bonds. The van der Waals surface area contributed by atoms with Crippen molar-refractivity contribution in [2.45, 2.75) is 45.9 Å². The minimum atomic E-state index is 0. The van der Waals surface area contributed by atoms with Crippen molar-refractivity contribution in [1.29, 1.82) is 0 Å². The number of guanidine groups is 1. The Hall–Kier alpha value is -1.65. The van der Waals surface area contributed by atoms with Crippen molar-refractivity contribution >= 4 is 29.9 Å². The van der Waals surface area contributed by atoms with E-state index in [0.717, 1.165) is 43.6 Å². The Balaban J connectivity index is 0.00000306. The molecule has 33 heavy (non-hydrogen) atoms. The molecular weight excluding hydrogens is 527 g/mol. The molecule has 0 aliphatic carbocycles. The number of rotatable bonds is 6. The van der Waals surface area contributed by atoms with Gasteiger partial charge in [0.05, 0.1) is 25.9 Å². The van der Waals surface area contributed by atoms with E-state index in [1.54, 1.807) is 0 Å². The van der Waals surface area contributed by atoms with Crippen molar-refractivity contribution in [3.8, 4) is 0 Å². The maximum absolute atomic E-state index is 6.00. The molecule has 3 heterocycles. The highest BCUT2D eigenvalue weighted by atomic mass is 127. The first-order valence-electron chi connectivity index (χ1n) is 12.0. The van der Waals surface area contributed by atoms with E-state index in [-0.39, 0.29) is 30.1 Å². The summed E-state index contributed by atoms with van der Waals surface area (Å²) >= 11 is 0. The summed E-state index contributed by atoms with van der Waals surface area (Å²) in [6, 6.07) is 8.99. The normalized spacial score (nSPS) is 20.5. The molecule has 1 aromatic carbocycles. The summed E-state index contributed by atoms with van der Waals surface area (Å²) in [5.41, 5.74) is 3.76. The number of likely N-dealkylation sites (tertiary alicyclic amines) is 1. The zero-order valence-corrected chi connectivity index (χ0v) is 22.6. The van der Waals surface area contributed by atoms with Gasteiger partial charge < -0.3 is 15.0 Å². The molecule has 0 bridgehead atoms. The zero-order valence-electron chi connectivity index (χ0n) is 20.2. The Kier molecular flexibility index (Phi) is 10.0. The highest BCUT2D eigenvalue weighted by Gasteiger charge is 2.25. The molecule has 2 saturated heterocycles. The van der Waals surface area contributed by atoms with Gasteiger partial charge in [0.25, 0.3) is 0 Å². The van der Waals surface area contributed by atoms with Crippen LogP contribution >= 0.6 is 24.0 Å². The lowest BCUT2D eigenvalue weighted by atomic mass is 9.99. The van der Waals surface area contributed by atoms with Crippen molar-refractivity contribution in [2.75, 3.05) is 39.3 Å². The van der Waals surface area contributed by atoms with Crippen LogP contribution in [0.2, 0.25) is 0 Å². The molecular formula is C25H39IN6O. The number of nitrogens with zero attached hydrogens (tertiary/aromatic N) is 5. The molecule has 2 fully saturated rings. The van der Waals surface area contributed by atoms with E-state index in [1.807, 2.05) is 24.1 Å². The van der Waals surface area contributed by atoms with Gasteiger partial charge >= 0.3 is 0 Å². The topological polar surface area (TPSA) is 57.9 Å². The van der Waals surface area contributed by atoms with E-state index >= 15 is 0 Å². The van der Waals surface area contributed by atoms with Gasteiger partial charge in [-0.1, -0.05) is 31.2 Å². The third-order valence-corrected chi connectivity index (χ3v) is 6.51. The molecule has 1 N–H and O–H groups in total. The lowest BCUT2D eigenvalue weighted by Gasteiger charge is -2.34. The van der Waals surface area contributed by atoms with Crippen LogP contribution in [0.25, 0.3) is 0 Å². The number of morpholine rings is 1. The Morgan fingerprint density at radius 1 is 1.15 bits per heavy atom. The predicted molar refractivity (Wildman–Crippen MR) is 144 cm³/mol. The molecule has 1 aromatic heterocycles. The fourth-order valence-corrected chi connectivity index (χ4v) is 4.47. The van der Waals surface area contributed by atoms with Crippen LogP contribution in [0.4, 0.5) is 0 Å². The standard InChI is InChI=1S/C25H38N6O.HI/c1-4-26-25(31-13-14-32-24(19-31)23-16-28-29(3)18-23)27-15-21-5-7-22(8-6-21)17-30-11-9-20(2)10-12-30;/h5-8,16,18,20,24H,4,9-15,17,19H2,1-3H3,(H,26,27);1H. The molecule has 4 rings (SSSR count). The summed E-state index contributed by atoms with van der Waals surface area (Å²) < 4.78 is 7.82. The number of nitrogens with one attached hydrogen (secondary N) is 1. The number of aliphatic imine (C=N–C) groups is 1. The summed E-state index contributed by atoms with van der Waals surface area (Å²) in [5.74, 6) is 1.83. The summed E-state index contributed by atoms with van der Waals surface area (Å²) in [4.78, 5) is 9.82. The largest absolute Gasteiger partial charge is 0.370 e. The molecule has 1 atom stereocenters. The number of hydrogen-bond donors (Lipinski definition) is 1. The first-order valence-corrected chi connectivity index (χ1v) is 12.0. The van der Waals surface area contributed by atoms with Gasteiger partial charge in [-0.25, -0.2) is 4.99 Å². The molecule has 182 valence electrons. The van der Waals surface area contributed by atoms with Crippen LogP contribution in [-0.2, 0) is 24.9 Å². The maximum atomic E-state index is 6.00. The summed E-state index contributed by atoms with van der Waals surface area (Å²) in [6.07, 6.45) is 6.60. The van der Waals surface area contributed by atoms with Gasteiger partial charge in [-0.05, 0) is 49.9 Å². The smallest absolute Gasteiger partial charge is 0.194 e. The van der Waals surface area contributed by atoms with Crippen molar-refractivity contribution in [2.24, 2.45) is 18.0 Å². The van der Waals surface area contributed by atoms with E-state index in [9.17, 15) is 0 Å². The minimum Gasteiger partial charge on any atom is -0.370 e. The van der Waals surface area contributed by atoms with Gasteiger partial charge in [-0.15, -0.1) is 24.0 Å². The van der Waals surface area contributed by atoms with Gasteiger partial charge in [0.2, 0.25) is 0 Å². The zero-order chi connectivity index (χ0) is 22.3. The van der Waals surface area contributed by atoms with Crippen molar-refractivity contribution in [3.63, 3.8) is 0 Å². The molecule has 0 saturated carbocycles. The highest BCUT2D eigenvalue weighted by molar-refractivity contribution is 14.0. The predicted octanol–water partition coefficient (Wildman–Crippen LogP) is 3.81. The quantitative estimate of drug-likeness (QED) is 0.328. The fourth-order valence-electron chi connectivity index (χ4n) is 4.47. The minimum absolute atomic E-state index is 0. The van der Waals surface area contributed by atoms with E-state index in [2.05, 4.69) is 58.3 Å². The van der Waals surface area contributed by atoms with Crippen LogP contribution in [0.3, 0.4) is 0 Å². The number of benzene rings is 1. The van der Waals surface area contributed by atoms with E-state index < -0.39 is 0 Å². The summed E-state index contributed by atoms with van der Waals surface area (Å²) in [5, 5.41) is 7.75. The van der Waals surface area contributed by atoms with Crippen LogP contribution in [0, 0.1) is 5.92 Å². The van der Waals surface area contributed by atoms with Crippen LogP contribution in [0.1, 0.15) is 49.5 Å². The van der Waals surface area contributed by atoms with Crippen LogP contribution in [0.15, 0.2) is 41.7 Å². The number of hydrogen-bond acceptors (Lipinski definition) is 4. The average Bonchev–Trinajstić information content (AvgIpc) is 3.25. The van der Waals surface area contributed by atoms with Crippen molar-refractivity contribution < 1.29 is 4.74 Å². The molecule has 1 unspecified atom stereocenters. The van der Waals surface area contributed by atoms with E-state index in [0.29, 0.717) is 13.2 Å². The highest BCUT2D eigenvalue weighted by Crippen LogP contribution is 2.22. The first-order chi connectivity index (χ1) is 15.6. The number of halogens is 1. The van der Waals surface area contributed by atoms with E-state index in [4.69, 9.17) is 9.73 Å². The Labute approximate surface area is 215 Å². The molecule has 0 spiro atoms. The molecule has 2 aliphatic rings. The maximum Gasteiger partial charge on any atom is 0.194 e. The van der Waals surface area contributed by atoms with E-state index in [1.165, 1.54) is 37.1 Å². The molecule has 2 aromatic rings. The average molecular weight is 567 g/mol. The number of aromatic nitrogens is 2. The van der Waals surface area contributed by atoms with Crippen molar-refractivity contribution in [1.82, 2.24) is 24.9 Å². The monoisotopic (exact) mass is 566 g/mol. The second kappa shape index (κ2) is 12.7. The molecule has 0 radical (unpaired) electrons. The summed E-state index contributed by atoms with van der Waals surface area (Å²) in [7, 11) is 1.94. The second-order valence-electron chi connectivity index (χ2n) is 9.20. The Morgan fingerprint density at radius 2 is 1.88 bits per heavy atom. The lowest BCUT2D eigenvalue weighted by molar-refractivity contribution is -0.00805. The van der Waals surface area contributed by atoms with Crippen LogP contribution in [-0.4, -0.2) is 64.9 Å². The number of piperidine rings is 1. The third kappa shape index (κ3) is 7.42. The Bertz CT molecular complexity index is 875. The van der Waals surface area contributed by atoms with Gasteiger partial charge in [0, 0.05) is 38.4 Å². The first kappa shape index (κ1) is 26.0. The van der Waals surface area contributed by atoms with Crippen molar-refractivity contribution in [3.05, 3.63) is 53.3 Å². The van der Waals surface area contributed by atoms with Gasteiger partial charge in [0.15, 0.2) is 5.96 Å². The van der Waals surface area contributed by atoms with Crippen LogP contribution in [0.5, 0.6) is 0 Å². The van der Waals surface area contributed by atoms with Gasteiger partial charge in [-0.2, -0.15) is 5.10 Å². The second-order valence-corrected chi connectivity index (χ2v) is 9.20. The molecule has 8 heteroatoms. The van der Waals surface area contributed by atoms with Crippen LogP contribution < -0.4 is 5.32 Å². The molecule has 2 aliphatic heterocycles. The van der Waals surface area contributed by atoms with Gasteiger partial charge in [-0.3, -0.25) is 9.58 Å². The SMILES string of the molecule is CCNC(=NCc1ccc(CN2CCC(C)CC2)cc1)N1CCOC(c2cnn(C)c2)C1.I. The Morgan fingerprint density at radius 3 is 2.55 bits per heavy atom.